The van der Waals surface area contributed by atoms with Gasteiger partial charge in [0.1, 0.15) is 11.9 Å². The number of rotatable bonds is 3. The van der Waals surface area contributed by atoms with E-state index in [0.29, 0.717) is 29.0 Å². The highest BCUT2D eigenvalue weighted by atomic mass is 16.5. The molecule has 1 fully saturated rings. The second kappa shape index (κ2) is 8.21. The molecule has 3 aliphatic heterocycles. The molecule has 1 saturated heterocycles. The molecule has 1 unspecified atom stereocenters. The van der Waals surface area contributed by atoms with Crippen LogP contribution in [0.2, 0.25) is 0 Å². The maximum atomic E-state index is 13.0. The molecule has 0 aromatic heterocycles. The van der Waals surface area contributed by atoms with Crippen LogP contribution in [0.15, 0.2) is 52.9 Å². The number of hydrogen-bond donors (Lipinski definition) is 1. The van der Waals surface area contributed by atoms with Gasteiger partial charge in [-0.3, -0.25) is 9.59 Å². The van der Waals surface area contributed by atoms with E-state index in [0.717, 1.165) is 38.2 Å². The van der Waals surface area contributed by atoms with E-state index in [1.165, 1.54) is 0 Å². The molecule has 152 valence electrons. The van der Waals surface area contributed by atoms with Crippen molar-refractivity contribution in [3.63, 3.8) is 0 Å². The normalized spacial score (nSPS) is 24.1. The van der Waals surface area contributed by atoms with E-state index in [2.05, 4.69) is 22.5 Å². The van der Waals surface area contributed by atoms with E-state index >= 15 is 0 Å². The van der Waals surface area contributed by atoms with Crippen LogP contribution in [0.25, 0.3) is 0 Å². The summed E-state index contributed by atoms with van der Waals surface area (Å²) in [6.45, 7) is 5.24. The van der Waals surface area contributed by atoms with Crippen LogP contribution in [0.3, 0.4) is 0 Å². The van der Waals surface area contributed by atoms with Gasteiger partial charge >= 0.3 is 0 Å². The van der Waals surface area contributed by atoms with E-state index in [-0.39, 0.29) is 17.9 Å². The molecule has 7 heteroatoms. The van der Waals surface area contributed by atoms with Crippen molar-refractivity contribution < 1.29 is 14.3 Å². The minimum absolute atomic E-state index is 0.0740. The summed E-state index contributed by atoms with van der Waals surface area (Å²) in [6.07, 6.45) is 5.22. The largest absolute Gasteiger partial charge is 0.486 e. The van der Waals surface area contributed by atoms with Crippen LogP contribution in [0, 0.1) is 0 Å². The third kappa shape index (κ3) is 4.24. The van der Waals surface area contributed by atoms with Gasteiger partial charge in [-0.15, -0.1) is 0 Å². The zero-order valence-electron chi connectivity index (χ0n) is 16.9. The zero-order valence-corrected chi connectivity index (χ0v) is 16.9. The molecular weight excluding hydrogens is 368 g/mol. The van der Waals surface area contributed by atoms with E-state index in [4.69, 9.17) is 4.74 Å². The number of carbonyl (C=O) groups is 2. The number of benzene rings is 1. The number of ether oxygens (including phenoxy) is 1. The Labute approximate surface area is 170 Å². The predicted octanol–water partition coefficient (Wildman–Crippen LogP) is 2.24. The van der Waals surface area contributed by atoms with Crippen molar-refractivity contribution in [2.75, 3.05) is 33.2 Å². The van der Waals surface area contributed by atoms with E-state index in [1.54, 1.807) is 13.0 Å². The fourth-order valence-electron chi connectivity index (χ4n) is 3.82. The molecule has 1 aromatic carbocycles. The molecule has 0 aliphatic carbocycles. The highest BCUT2D eigenvalue weighted by molar-refractivity contribution is 6.24. The number of hydrazone groups is 1. The van der Waals surface area contributed by atoms with Crippen molar-refractivity contribution in [2.24, 2.45) is 5.10 Å². The summed E-state index contributed by atoms with van der Waals surface area (Å²) in [6, 6.07) is 7.69. The number of hydrogen-bond acceptors (Lipinski definition) is 5. The van der Waals surface area contributed by atoms with Crippen LogP contribution in [-0.4, -0.2) is 60.6 Å². The lowest BCUT2D eigenvalue weighted by molar-refractivity contribution is -0.116. The number of amides is 2. The quantitative estimate of drug-likeness (QED) is 0.798. The Morgan fingerprint density at radius 3 is 2.93 bits per heavy atom. The highest BCUT2D eigenvalue weighted by Crippen LogP contribution is 2.32. The summed E-state index contributed by atoms with van der Waals surface area (Å²) in [7, 11) is 2.09. The molecule has 3 aliphatic rings. The maximum Gasteiger partial charge on any atom is 0.273 e. The first-order valence-electron chi connectivity index (χ1n) is 10.0. The summed E-state index contributed by atoms with van der Waals surface area (Å²) in [4.78, 5) is 29.0. The Morgan fingerprint density at radius 2 is 2.14 bits per heavy atom. The molecule has 0 saturated carbocycles. The molecule has 7 nitrogen and oxygen atoms in total. The Balaban J connectivity index is 1.44. The average molecular weight is 394 g/mol. The number of carbonyl (C=O) groups excluding carboxylic acids is 2. The predicted molar refractivity (Wildman–Crippen MR) is 110 cm³/mol. The molecule has 0 radical (unpaired) electrons. The molecule has 4 rings (SSSR count). The van der Waals surface area contributed by atoms with Gasteiger partial charge in [-0.05, 0) is 56.8 Å². The van der Waals surface area contributed by atoms with Crippen molar-refractivity contribution in [1.29, 1.82) is 0 Å². The van der Waals surface area contributed by atoms with Crippen molar-refractivity contribution >= 4 is 17.5 Å². The first-order chi connectivity index (χ1) is 14.0. The summed E-state index contributed by atoms with van der Waals surface area (Å²) >= 11 is 0. The van der Waals surface area contributed by atoms with E-state index in [9.17, 15) is 9.59 Å². The molecule has 29 heavy (non-hydrogen) atoms. The minimum atomic E-state index is -0.217. The molecular formula is C22H26N4O3. The van der Waals surface area contributed by atoms with E-state index < -0.39 is 0 Å². The first-order valence-corrected chi connectivity index (χ1v) is 10.0. The Hall–Kier alpha value is -2.93. The Morgan fingerprint density at radius 1 is 1.28 bits per heavy atom. The van der Waals surface area contributed by atoms with Gasteiger partial charge in [0.05, 0.1) is 11.3 Å². The molecule has 1 N–H and O–H groups in total. The lowest BCUT2D eigenvalue weighted by atomic mass is 10.0. The van der Waals surface area contributed by atoms with Gasteiger partial charge in [0, 0.05) is 31.6 Å². The number of allylic oxidation sites excluding steroid dienone is 1. The van der Waals surface area contributed by atoms with Crippen molar-refractivity contribution in [3.05, 3.63) is 58.9 Å². The standard InChI is InChI=1S/C22H26N4O3/c1-15-19(21(27)24-23-15)14-18-7-8-20(29-18)16-5-3-6-17(13-16)22(28)26-10-4-9-25(2)11-12-26/h3,5-7,13-14,20H,4,8-12H2,1-2H3,(H,24,27)/b19-14+. The molecule has 0 spiro atoms. The van der Waals surface area contributed by atoms with Gasteiger partial charge in [0.2, 0.25) is 0 Å². The minimum Gasteiger partial charge on any atom is -0.486 e. The monoisotopic (exact) mass is 394 g/mol. The van der Waals surface area contributed by atoms with Crippen LogP contribution in [0.1, 0.15) is 41.8 Å². The number of nitrogens with zero attached hydrogens (tertiary/aromatic N) is 3. The van der Waals surface area contributed by atoms with Gasteiger partial charge < -0.3 is 14.5 Å². The molecule has 1 atom stereocenters. The van der Waals surface area contributed by atoms with Gasteiger partial charge in [-0.1, -0.05) is 12.1 Å². The summed E-state index contributed by atoms with van der Waals surface area (Å²) in [5.41, 5.74) is 5.28. The van der Waals surface area contributed by atoms with Gasteiger partial charge in [-0.2, -0.15) is 5.10 Å². The van der Waals surface area contributed by atoms with Gasteiger partial charge in [0.15, 0.2) is 0 Å². The third-order valence-corrected chi connectivity index (χ3v) is 5.57. The van der Waals surface area contributed by atoms with Crippen LogP contribution >= 0.6 is 0 Å². The Bertz CT molecular complexity index is 918. The van der Waals surface area contributed by atoms with Gasteiger partial charge in [-0.25, -0.2) is 5.43 Å². The first kappa shape index (κ1) is 19.4. The smallest absolute Gasteiger partial charge is 0.273 e. The fourth-order valence-corrected chi connectivity index (χ4v) is 3.82. The highest BCUT2D eigenvalue weighted by Gasteiger charge is 2.25. The summed E-state index contributed by atoms with van der Waals surface area (Å²) in [5.74, 6) is 0.514. The molecule has 0 bridgehead atoms. The molecule has 3 heterocycles. The Kier molecular flexibility index (Phi) is 5.49. The topological polar surface area (TPSA) is 74.2 Å². The number of nitrogens with one attached hydrogen (secondary N) is 1. The van der Waals surface area contributed by atoms with Crippen LogP contribution < -0.4 is 5.43 Å². The second-order valence-electron chi connectivity index (χ2n) is 7.72. The van der Waals surface area contributed by atoms with Crippen molar-refractivity contribution in [3.8, 4) is 0 Å². The van der Waals surface area contributed by atoms with Crippen LogP contribution in [0.5, 0.6) is 0 Å². The lowest BCUT2D eigenvalue weighted by Gasteiger charge is -2.21. The molecule has 2 amide bonds. The number of likely N-dealkylation sites (N-methyl/N-ethyl adjacent to an activating group) is 1. The van der Waals surface area contributed by atoms with E-state index in [1.807, 2.05) is 35.2 Å². The van der Waals surface area contributed by atoms with Crippen molar-refractivity contribution in [2.45, 2.75) is 25.9 Å². The fraction of sp³-hybridized carbons (Fsp3) is 0.409. The third-order valence-electron chi connectivity index (χ3n) is 5.57. The van der Waals surface area contributed by atoms with Crippen LogP contribution in [-0.2, 0) is 9.53 Å². The summed E-state index contributed by atoms with van der Waals surface area (Å²) < 4.78 is 6.04. The second-order valence-corrected chi connectivity index (χ2v) is 7.72. The molecule has 1 aromatic rings. The summed E-state index contributed by atoms with van der Waals surface area (Å²) in [5, 5.41) is 3.93. The lowest BCUT2D eigenvalue weighted by Crippen LogP contribution is -2.34. The maximum absolute atomic E-state index is 13.0. The zero-order chi connectivity index (χ0) is 20.4. The van der Waals surface area contributed by atoms with Crippen molar-refractivity contribution in [1.82, 2.24) is 15.2 Å². The van der Waals surface area contributed by atoms with Crippen LogP contribution in [0.4, 0.5) is 0 Å². The average Bonchev–Trinajstić information content (AvgIpc) is 3.25. The van der Waals surface area contributed by atoms with Gasteiger partial charge in [0.25, 0.3) is 11.8 Å². The SMILES string of the molecule is CC1=NNC(=O)/C1=C/C1=CCC(c2cccc(C(=O)N3CCCN(C)CC3)c2)O1.